The molecule has 5 heterocycles. The standard InChI is InChI=1S/C37H39Cl2N3O6S.H2O/c1-45-31-10-8-25(16-33(31)46-2)32(17-27-28(38)20-40-21-29(27)39)48-37(44)35-11-9-26(49-35)19-41-30(23-6-4-3-5-7-23)18-36(43)47-34-22-42-14-12-24(34)13-15-42;/h3-11,16,20-21,24,30,32,34,41H,12-15,17-19,22H2,1-2H3;1H2/t30?,32-,34-;/m0./s1. The van der Waals surface area contributed by atoms with Gasteiger partial charge in [-0.05, 0) is 67.2 Å². The number of thiophene rings is 1. The molecule has 13 heteroatoms. The van der Waals surface area contributed by atoms with Crippen molar-refractivity contribution < 1.29 is 39.0 Å². The van der Waals surface area contributed by atoms with Gasteiger partial charge < -0.3 is 29.7 Å². The summed E-state index contributed by atoms with van der Waals surface area (Å²) >= 11 is 14.3. The van der Waals surface area contributed by atoms with Crippen LogP contribution in [0.25, 0.3) is 0 Å². The molecule has 10 nitrogen and oxygen atoms in total. The maximum atomic E-state index is 13.6. The van der Waals surface area contributed by atoms with Crippen molar-refractivity contribution in [2.45, 2.75) is 50.5 Å². The monoisotopic (exact) mass is 741 g/mol. The number of nitrogens with one attached hydrogen (secondary N) is 2. The van der Waals surface area contributed by atoms with Crippen molar-refractivity contribution in [1.29, 1.82) is 0 Å². The molecule has 0 aliphatic carbocycles. The average molecular weight is 743 g/mol. The minimum absolute atomic E-state index is 0. The number of H-pyrrole nitrogens is 1. The number of aromatic nitrogens is 1. The molecular formula is C37H41Cl2N3O7S. The summed E-state index contributed by atoms with van der Waals surface area (Å²) in [4.78, 5) is 33.4. The highest BCUT2D eigenvalue weighted by Gasteiger charge is 2.37. The molecule has 3 atom stereocenters. The van der Waals surface area contributed by atoms with Crippen LogP contribution < -0.4 is 19.8 Å². The van der Waals surface area contributed by atoms with Gasteiger partial charge in [0.1, 0.15) is 27.1 Å². The number of ether oxygens (including phenoxy) is 4. The number of carbonyl (C=O) groups is 2. The number of hydrogen-bond acceptors (Lipinski definition) is 10. The number of piperidine rings is 3. The van der Waals surface area contributed by atoms with Gasteiger partial charge in [-0.2, -0.15) is 0 Å². The van der Waals surface area contributed by atoms with Crippen molar-refractivity contribution >= 4 is 46.5 Å². The van der Waals surface area contributed by atoms with E-state index in [0.29, 0.717) is 50.0 Å². The van der Waals surface area contributed by atoms with Gasteiger partial charge in [0.05, 0.1) is 20.6 Å². The molecule has 266 valence electrons. The van der Waals surface area contributed by atoms with E-state index in [9.17, 15) is 9.59 Å². The van der Waals surface area contributed by atoms with Crippen molar-refractivity contribution in [1.82, 2.24) is 10.2 Å². The van der Waals surface area contributed by atoms with Gasteiger partial charge in [-0.1, -0.05) is 59.6 Å². The average Bonchev–Trinajstić information content (AvgIpc) is 3.61. The zero-order chi connectivity index (χ0) is 34.3. The van der Waals surface area contributed by atoms with Gasteiger partial charge in [-0.3, -0.25) is 9.69 Å². The Morgan fingerprint density at radius 2 is 1.68 bits per heavy atom. The number of carbonyl (C=O) groups excluding carboxylic acids is 2. The lowest BCUT2D eigenvalue weighted by molar-refractivity contribution is -0.377. The fourth-order valence-corrected chi connectivity index (χ4v) is 7.93. The van der Waals surface area contributed by atoms with Crippen LogP contribution >= 0.6 is 34.5 Å². The molecule has 2 bridgehead atoms. The molecule has 3 fully saturated rings. The second-order valence-corrected chi connectivity index (χ2v) is 14.3. The van der Waals surface area contributed by atoms with E-state index < -0.39 is 12.1 Å². The Kier molecular flexibility index (Phi) is 13.1. The zero-order valence-electron chi connectivity index (χ0n) is 27.9. The topological polar surface area (TPSA) is 130 Å². The Balaban J connectivity index is 0.00000486. The predicted octanol–water partition coefficient (Wildman–Crippen LogP) is 6.71. The number of nitrogens with zero attached hydrogens (tertiary/aromatic N) is 1. The first-order chi connectivity index (χ1) is 23.8. The third-order valence-electron chi connectivity index (χ3n) is 9.25. The van der Waals surface area contributed by atoms with Gasteiger partial charge in [-0.15, -0.1) is 11.3 Å². The van der Waals surface area contributed by atoms with Gasteiger partial charge in [0, 0.05) is 36.0 Å². The summed E-state index contributed by atoms with van der Waals surface area (Å²) in [6.07, 6.45) is 5.13. The highest BCUT2D eigenvalue weighted by molar-refractivity contribution is 7.13. The van der Waals surface area contributed by atoms with Crippen LogP contribution in [0.5, 0.6) is 11.5 Å². The SMILES string of the molecule is COc1ccc([C@H](Cc2c(Cl)c[nH+]cc2Cl)OC(=O)c2ccc(CNC(CC(=O)O[C@H]3CN4CCC3CC4)c3ccccc3)s2)cc1OC.[OH-]. The molecule has 3 aliphatic rings. The summed E-state index contributed by atoms with van der Waals surface area (Å²) in [5.74, 6) is 0.829. The van der Waals surface area contributed by atoms with Crippen molar-refractivity contribution in [3.05, 3.63) is 110 Å². The Morgan fingerprint density at radius 3 is 2.34 bits per heavy atom. The molecule has 4 aromatic rings. The van der Waals surface area contributed by atoms with Gasteiger partial charge in [-0.25, -0.2) is 9.78 Å². The molecule has 50 heavy (non-hydrogen) atoms. The maximum absolute atomic E-state index is 13.6. The first-order valence-corrected chi connectivity index (χ1v) is 17.9. The third kappa shape index (κ3) is 9.14. The van der Waals surface area contributed by atoms with Crippen LogP contribution in [0.4, 0.5) is 0 Å². The Morgan fingerprint density at radius 1 is 0.960 bits per heavy atom. The van der Waals surface area contributed by atoms with E-state index in [1.165, 1.54) is 11.3 Å². The predicted molar refractivity (Wildman–Crippen MR) is 190 cm³/mol. The Hall–Kier alpha value is -3.71. The van der Waals surface area contributed by atoms with Crippen LogP contribution in [0.3, 0.4) is 0 Å². The van der Waals surface area contributed by atoms with Crippen LogP contribution in [0.1, 0.15) is 62.6 Å². The van der Waals surface area contributed by atoms with E-state index in [-0.39, 0.29) is 36.4 Å². The minimum Gasteiger partial charge on any atom is -0.870 e. The molecule has 1 unspecified atom stereocenters. The van der Waals surface area contributed by atoms with Crippen molar-refractivity contribution in [3.63, 3.8) is 0 Å². The molecule has 3 saturated heterocycles. The molecule has 7 rings (SSSR count). The first kappa shape index (κ1) is 37.5. The van der Waals surface area contributed by atoms with Crippen LogP contribution in [0, 0.1) is 5.92 Å². The summed E-state index contributed by atoms with van der Waals surface area (Å²) in [5.41, 5.74) is 2.34. The quantitative estimate of drug-likeness (QED) is 0.140. The number of benzene rings is 2. The van der Waals surface area contributed by atoms with Crippen LogP contribution in [0.15, 0.2) is 73.1 Å². The molecule has 2 aromatic heterocycles. The summed E-state index contributed by atoms with van der Waals surface area (Å²) in [6, 6.07) is 18.7. The van der Waals surface area contributed by atoms with Crippen LogP contribution in [-0.2, 0) is 27.2 Å². The number of pyridine rings is 1. The second kappa shape index (κ2) is 17.5. The number of hydrogen-bond donors (Lipinski definition) is 1. The highest BCUT2D eigenvalue weighted by Crippen LogP contribution is 2.36. The van der Waals surface area contributed by atoms with Crippen molar-refractivity contribution in [3.8, 4) is 11.5 Å². The Bertz CT molecular complexity index is 1730. The summed E-state index contributed by atoms with van der Waals surface area (Å²) < 4.78 is 23.1. The van der Waals surface area contributed by atoms with E-state index >= 15 is 0 Å². The lowest BCUT2D eigenvalue weighted by Gasteiger charge is -2.44. The summed E-state index contributed by atoms with van der Waals surface area (Å²) in [7, 11) is 3.11. The zero-order valence-corrected chi connectivity index (χ0v) is 30.2. The van der Waals surface area contributed by atoms with E-state index in [1.54, 1.807) is 44.8 Å². The molecule has 0 amide bonds. The fraction of sp³-hybridized carbons (Fsp3) is 0.378. The van der Waals surface area contributed by atoms with Gasteiger partial charge >= 0.3 is 11.9 Å². The lowest BCUT2D eigenvalue weighted by Crippen LogP contribution is -2.52. The van der Waals surface area contributed by atoms with Gasteiger partial charge in [0.2, 0.25) is 0 Å². The van der Waals surface area contributed by atoms with Crippen LogP contribution in [-0.4, -0.2) is 62.3 Å². The number of methoxy groups -OCH3 is 2. The second-order valence-electron chi connectivity index (χ2n) is 12.3. The van der Waals surface area contributed by atoms with E-state index in [2.05, 4.69) is 15.2 Å². The number of rotatable bonds is 14. The van der Waals surface area contributed by atoms with Crippen molar-refractivity contribution in [2.24, 2.45) is 5.92 Å². The first-order valence-electron chi connectivity index (χ1n) is 16.4. The summed E-state index contributed by atoms with van der Waals surface area (Å²) in [6.45, 7) is 3.46. The smallest absolute Gasteiger partial charge is 0.348 e. The molecule has 3 N–H and O–H groups in total. The normalized spacial score (nSPS) is 19.2. The molecule has 3 aliphatic heterocycles. The van der Waals surface area contributed by atoms with E-state index in [1.807, 2.05) is 42.5 Å². The minimum atomic E-state index is -0.724. The van der Waals surface area contributed by atoms with Gasteiger partial charge in [0.15, 0.2) is 23.9 Å². The molecular weight excluding hydrogens is 701 g/mol. The highest BCUT2D eigenvalue weighted by atomic mass is 35.5. The lowest BCUT2D eigenvalue weighted by atomic mass is 9.86. The number of halogens is 2. The number of aromatic amines is 1. The fourth-order valence-electron chi connectivity index (χ4n) is 6.55. The molecule has 0 radical (unpaired) electrons. The Labute approximate surface area is 305 Å². The van der Waals surface area contributed by atoms with Crippen molar-refractivity contribution in [2.75, 3.05) is 33.9 Å². The molecule has 0 spiro atoms. The van der Waals surface area contributed by atoms with Gasteiger partial charge in [0.25, 0.3) is 0 Å². The third-order valence-corrected chi connectivity index (χ3v) is 11.0. The largest absolute Gasteiger partial charge is 0.870 e. The molecule has 0 saturated carbocycles. The summed E-state index contributed by atoms with van der Waals surface area (Å²) in [5, 5.41) is 4.39. The van der Waals surface area contributed by atoms with E-state index in [4.69, 9.17) is 42.1 Å². The number of esters is 2. The number of fused-ring (bicyclic) bond motifs is 3. The molecule has 2 aromatic carbocycles. The maximum Gasteiger partial charge on any atom is 0.348 e. The van der Waals surface area contributed by atoms with Crippen LogP contribution in [0.2, 0.25) is 10.0 Å². The van der Waals surface area contributed by atoms with E-state index in [0.717, 1.165) is 42.9 Å².